The van der Waals surface area contributed by atoms with Crippen molar-refractivity contribution in [1.29, 1.82) is 0 Å². The van der Waals surface area contributed by atoms with E-state index in [9.17, 15) is 0 Å². The van der Waals surface area contributed by atoms with Gasteiger partial charge in [-0.1, -0.05) is 36.8 Å². The third-order valence-electron chi connectivity index (χ3n) is 4.04. The lowest BCUT2D eigenvalue weighted by molar-refractivity contribution is 0.119. The van der Waals surface area contributed by atoms with E-state index in [-0.39, 0.29) is 0 Å². The van der Waals surface area contributed by atoms with Gasteiger partial charge in [-0.05, 0) is 50.4 Å². The summed E-state index contributed by atoms with van der Waals surface area (Å²) in [6, 6.07) is 8.82. The highest BCUT2D eigenvalue weighted by Crippen LogP contribution is 2.29. The predicted octanol–water partition coefficient (Wildman–Crippen LogP) is 2.56. The van der Waals surface area contributed by atoms with Crippen molar-refractivity contribution in [2.75, 3.05) is 19.6 Å². The summed E-state index contributed by atoms with van der Waals surface area (Å²) in [5, 5.41) is 0. The molecule has 1 aromatic rings. The molecule has 0 aromatic heterocycles. The number of nitrogens with two attached hydrogens (primary N) is 1. The van der Waals surface area contributed by atoms with E-state index in [2.05, 4.69) is 43.0 Å². The standard InChI is InChI=1S/C15H24N2/c1-13-4-3-5-14(10-13)11-17-8-6-15(2,12-16)7-9-17/h3-5,10H,6-9,11-12,16H2,1-2H3. The molecule has 0 aliphatic carbocycles. The molecular formula is C15H24N2. The Balaban J connectivity index is 1.90. The van der Waals surface area contributed by atoms with Crippen molar-refractivity contribution in [2.24, 2.45) is 11.1 Å². The molecule has 2 rings (SSSR count). The third-order valence-corrected chi connectivity index (χ3v) is 4.04. The van der Waals surface area contributed by atoms with E-state index in [4.69, 9.17) is 5.73 Å². The molecule has 94 valence electrons. The largest absolute Gasteiger partial charge is 0.330 e. The average molecular weight is 232 g/mol. The number of hydrogen-bond acceptors (Lipinski definition) is 2. The number of benzene rings is 1. The van der Waals surface area contributed by atoms with Crippen LogP contribution in [0.15, 0.2) is 24.3 Å². The molecule has 1 aliphatic heterocycles. The summed E-state index contributed by atoms with van der Waals surface area (Å²) in [5.74, 6) is 0. The molecule has 0 amide bonds. The van der Waals surface area contributed by atoms with Gasteiger partial charge in [0.1, 0.15) is 0 Å². The van der Waals surface area contributed by atoms with Gasteiger partial charge in [-0.3, -0.25) is 4.90 Å². The van der Waals surface area contributed by atoms with E-state index in [0.717, 1.165) is 13.1 Å². The van der Waals surface area contributed by atoms with E-state index >= 15 is 0 Å². The van der Waals surface area contributed by atoms with Crippen molar-refractivity contribution in [3.8, 4) is 0 Å². The Morgan fingerprint density at radius 1 is 1.29 bits per heavy atom. The van der Waals surface area contributed by atoms with Crippen molar-refractivity contribution in [1.82, 2.24) is 4.90 Å². The van der Waals surface area contributed by atoms with Crippen LogP contribution in [0.4, 0.5) is 0 Å². The van der Waals surface area contributed by atoms with Crippen molar-refractivity contribution < 1.29 is 0 Å². The van der Waals surface area contributed by atoms with Gasteiger partial charge in [0.15, 0.2) is 0 Å². The fourth-order valence-electron chi connectivity index (χ4n) is 2.52. The maximum Gasteiger partial charge on any atom is 0.0233 e. The smallest absolute Gasteiger partial charge is 0.0233 e. The maximum absolute atomic E-state index is 5.84. The Morgan fingerprint density at radius 3 is 2.59 bits per heavy atom. The van der Waals surface area contributed by atoms with Crippen LogP contribution in [0.25, 0.3) is 0 Å². The molecule has 2 N–H and O–H groups in total. The summed E-state index contributed by atoms with van der Waals surface area (Å²) in [7, 11) is 0. The summed E-state index contributed by atoms with van der Waals surface area (Å²) in [6.45, 7) is 8.75. The van der Waals surface area contributed by atoms with Crippen LogP contribution in [0.1, 0.15) is 30.9 Å². The molecule has 2 nitrogen and oxygen atoms in total. The lowest BCUT2D eigenvalue weighted by atomic mass is 9.80. The van der Waals surface area contributed by atoms with Crippen LogP contribution >= 0.6 is 0 Å². The van der Waals surface area contributed by atoms with E-state index in [0.29, 0.717) is 5.41 Å². The summed E-state index contributed by atoms with van der Waals surface area (Å²) < 4.78 is 0. The average Bonchev–Trinajstić information content (AvgIpc) is 2.33. The molecule has 1 fully saturated rings. The van der Waals surface area contributed by atoms with Crippen LogP contribution in [-0.2, 0) is 6.54 Å². The molecule has 0 radical (unpaired) electrons. The van der Waals surface area contributed by atoms with Crippen LogP contribution in [0.3, 0.4) is 0 Å². The molecule has 1 heterocycles. The second kappa shape index (κ2) is 5.19. The molecule has 2 heteroatoms. The molecule has 0 spiro atoms. The van der Waals surface area contributed by atoms with Crippen molar-refractivity contribution >= 4 is 0 Å². The van der Waals surface area contributed by atoms with Crippen molar-refractivity contribution in [3.63, 3.8) is 0 Å². The third kappa shape index (κ3) is 3.30. The first-order chi connectivity index (χ1) is 8.11. The fraction of sp³-hybridized carbons (Fsp3) is 0.600. The summed E-state index contributed by atoms with van der Waals surface area (Å²) in [6.07, 6.45) is 2.46. The van der Waals surface area contributed by atoms with Gasteiger partial charge in [0.25, 0.3) is 0 Å². The molecule has 0 atom stereocenters. The topological polar surface area (TPSA) is 29.3 Å². The SMILES string of the molecule is Cc1cccc(CN2CCC(C)(CN)CC2)c1. The molecule has 1 aromatic carbocycles. The maximum atomic E-state index is 5.84. The Bertz CT molecular complexity index is 365. The lowest BCUT2D eigenvalue weighted by Gasteiger charge is -2.38. The molecular weight excluding hydrogens is 208 g/mol. The molecule has 0 unspecified atom stereocenters. The molecule has 0 bridgehead atoms. The van der Waals surface area contributed by atoms with Gasteiger partial charge in [-0.2, -0.15) is 0 Å². The van der Waals surface area contributed by atoms with Crippen molar-refractivity contribution in [3.05, 3.63) is 35.4 Å². The summed E-state index contributed by atoms with van der Waals surface area (Å²) in [4.78, 5) is 2.55. The van der Waals surface area contributed by atoms with E-state index in [1.807, 2.05) is 0 Å². The van der Waals surface area contributed by atoms with Crippen LogP contribution in [0.2, 0.25) is 0 Å². The number of likely N-dealkylation sites (tertiary alicyclic amines) is 1. The normalized spacial score (nSPS) is 20.4. The van der Waals surface area contributed by atoms with Crippen LogP contribution in [-0.4, -0.2) is 24.5 Å². The number of aryl methyl sites for hydroxylation is 1. The monoisotopic (exact) mass is 232 g/mol. The minimum Gasteiger partial charge on any atom is -0.330 e. The Hall–Kier alpha value is -0.860. The Morgan fingerprint density at radius 2 is 2.00 bits per heavy atom. The van der Waals surface area contributed by atoms with Gasteiger partial charge in [-0.15, -0.1) is 0 Å². The number of nitrogens with zero attached hydrogens (tertiary/aromatic N) is 1. The van der Waals surface area contributed by atoms with Gasteiger partial charge in [0.2, 0.25) is 0 Å². The van der Waals surface area contributed by atoms with Crippen LogP contribution < -0.4 is 5.73 Å². The second-order valence-corrected chi connectivity index (χ2v) is 5.78. The predicted molar refractivity (Wildman–Crippen MR) is 72.9 cm³/mol. The summed E-state index contributed by atoms with van der Waals surface area (Å²) in [5.41, 5.74) is 9.00. The lowest BCUT2D eigenvalue weighted by Crippen LogP contribution is -2.41. The van der Waals surface area contributed by atoms with Crippen LogP contribution in [0, 0.1) is 12.3 Å². The van der Waals surface area contributed by atoms with Crippen molar-refractivity contribution in [2.45, 2.75) is 33.2 Å². The molecule has 17 heavy (non-hydrogen) atoms. The van der Waals surface area contributed by atoms with E-state index in [1.54, 1.807) is 0 Å². The highest BCUT2D eigenvalue weighted by molar-refractivity contribution is 5.22. The number of rotatable bonds is 3. The number of piperidine rings is 1. The Kier molecular flexibility index (Phi) is 3.85. The fourth-order valence-corrected chi connectivity index (χ4v) is 2.52. The molecule has 0 saturated carbocycles. The van der Waals surface area contributed by atoms with Crippen LogP contribution in [0.5, 0.6) is 0 Å². The van der Waals surface area contributed by atoms with Gasteiger partial charge in [-0.25, -0.2) is 0 Å². The van der Waals surface area contributed by atoms with E-state index in [1.165, 1.54) is 37.1 Å². The van der Waals surface area contributed by atoms with Gasteiger partial charge in [0, 0.05) is 6.54 Å². The highest BCUT2D eigenvalue weighted by atomic mass is 15.1. The first kappa shape index (κ1) is 12.6. The quantitative estimate of drug-likeness (QED) is 0.868. The van der Waals surface area contributed by atoms with E-state index < -0.39 is 0 Å². The second-order valence-electron chi connectivity index (χ2n) is 5.78. The Labute approximate surface area is 105 Å². The minimum absolute atomic E-state index is 0.378. The first-order valence-electron chi connectivity index (χ1n) is 6.59. The van der Waals surface area contributed by atoms with Gasteiger partial charge < -0.3 is 5.73 Å². The molecule has 1 saturated heterocycles. The minimum atomic E-state index is 0.378. The van der Waals surface area contributed by atoms with Gasteiger partial charge >= 0.3 is 0 Å². The first-order valence-corrected chi connectivity index (χ1v) is 6.59. The number of hydrogen-bond donors (Lipinski definition) is 1. The zero-order chi connectivity index (χ0) is 12.3. The molecule has 1 aliphatic rings. The van der Waals surface area contributed by atoms with Gasteiger partial charge in [0.05, 0.1) is 0 Å². The zero-order valence-corrected chi connectivity index (χ0v) is 11.1. The highest BCUT2D eigenvalue weighted by Gasteiger charge is 2.28. The zero-order valence-electron chi connectivity index (χ0n) is 11.1. The summed E-state index contributed by atoms with van der Waals surface area (Å²) >= 11 is 0.